The highest BCUT2D eigenvalue weighted by Gasteiger charge is 2.51. The molecule has 0 radical (unpaired) electrons. The lowest BCUT2D eigenvalue weighted by molar-refractivity contribution is 0.160. The Kier molecular flexibility index (Phi) is 23.2. The Morgan fingerprint density at radius 1 is 0.897 bits per heavy atom. The molecule has 0 saturated heterocycles. The number of nitrogens with one attached hydrogen (secondary N) is 2. The van der Waals surface area contributed by atoms with Crippen LogP contribution >= 0.6 is 158 Å². The average molecular weight is 888 g/mol. The molecular weight excluding hydrogens is 849 g/mol. The minimum atomic E-state index is -0.512. The van der Waals surface area contributed by atoms with Gasteiger partial charge in [-0.2, -0.15) is 0 Å². The number of aryl methyl sites for hydroxylation is 1. The third-order valence-corrected chi connectivity index (χ3v) is 72.7. The van der Waals surface area contributed by atoms with Crippen LogP contribution < -0.4 is 10.6 Å². The van der Waals surface area contributed by atoms with Crippen molar-refractivity contribution in [3.8, 4) is 0 Å². The van der Waals surface area contributed by atoms with E-state index in [-0.39, 0.29) is 37.4 Å². The standard InChI is InChI=1S/C14H39N2O4P19/c1-8-5-9(15-11(17)19-6-13(2,21)34(24)25)3-4-10(8)16-12(18)20-7-14(35(26)32-22,36(27)38(28)29)37(33-23)39(30)31/h3-5,32-33H,6-7,21-31H2,1-2H3,(H,15,17)(H,16,18). The second-order valence-corrected chi connectivity index (χ2v) is 61.0. The summed E-state index contributed by atoms with van der Waals surface area (Å²) in [6.07, 6.45) is -0.972. The van der Waals surface area contributed by atoms with Gasteiger partial charge in [0.05, 0.1) is 4.64 Å². The van der Waals surface area contributed by atoms with Gasteiger partial charge in [0.15, 0.2) is 0 Å². The minimum absolute atomic E-state index is 0.0398. The van der Waals surface area contributed by atoms with Crippen molar-refractivity contribution in [2.24, 2.45) is 0 Å². The number of anilines is 2. The summed E-state index contributed by atoms with van der Waals surface area (Å²) >= 11 is 0. The Bertz CT molecular complexity index is 957. The van der Waals surface area contributed by atoms with Crippen LogP contribution in [0, 0.1) is 6.92 Å². The van der Waals surface area contributed by atoms with Crippen LogP contribution in [-0.4, -0.2) is 34.9 Å². The molecule has 0 saturated carbocycles. The third-order valence-electron chi connectivity index (χ3n) is 5.02. The molecule has 0 aliphatic carbocycles. The summed E-state index contributed by atoms with van der Waals surface area (Å²) in [6, 6.07) is 5.32. The number of rotatable bonds is 14. The van der Waals surface area contributed by atoms with E-state index in [1.165, 1.54) is 0 Å². The highest BCUT2D eigenvalue weighted by molar-refractivity contribution is 8.93. The van der Waals surface area contributed by atoms with E-state index >= 15 is 0 Å². The summed E-state index contributed by atoms with van der Waals surface area (Å²) in [4.78, 5) is 25.2. The zero-order valence-electron chi connectivity index (χ0n) is 21.3. The summed E-state index contributed by atoms with van der Waals surface area (Å²) in [5.41, 5.74) is 2.05. The third kappa shape index (κ3) is 13.8. The summed E-state index contributed by atoms with van der Waals surface area (Å²) in [6.45, 7) is 3.90. The van der Waals surface area contributed by atoms with Gasteiger partial charge in [-0.3, -0.25) is 10.6 Å². The maximum absolute atomic E-state index is 13.1. The van der Waals surface area contributed by atoms with Gasteiger partial charge in [0.1, 0.15) is 13.2 Å². The minimum Gasteiger partial charge on any atom is -0.448 e. The Morgan fingerprint density at radius 3 is 1.92 bits per heavy atom. The molecule has 0 aliphatic rings. The quantitative estimate of drug-likeness (QED) is 0.183. The van der Waals surface area contributed by atoms with Gasteiger partial charge in [-0.05, 0) is 73.5 Å². The number of amides is 2. The van der Waals surface area contributed by atoms with Gasteiger partial charge in [-0.1, -0.05) is 23.2 Å². The van der Waals surface area contributed by atoms with Crippen molar-refractivity contribution >= 4 is 181 Å². The largest absolute Gasteiger partial charge is 0.448 e. The van der Waals surface area contributed by atoms with Crippen molar-refractivity contribution in [2.45, 2.75) is 23.4 Å². The molecular formula is C14H39N2O4P19. The average Bonchev–Trinajstić information content (AvgIpc) is 2.85. The van der Waals surface area contributed by atoms with E-state index in [1.54, 1.807) is 18.2 Å². The Labute approximate surface area is 269 Å². The van der Waals surface area contributed by atoms with Crippen LogP contribution in [0.4, 0.5) is 21.0 Å². The fraction of sp³-hybridized carbons (Fsp3) is 0.429. The summed E-state index contributed by atoms with van der Waals surface area (Å²) < 4.78 is 11.4. The molecule has 1 rings (SSSR count). The molecule has 0 heterocycles. The van der Waals surface area contributed by atoms with Gasteiger partial charge < -0.3 is 9.47 Å². The molecule has 18 unspecified atom stereocenters. The van der Waals surface area contributed by atoms with E-state index in [0.29, 0.717) is 25.9 Å². The first kappa shape index (κ1) is 43.0. The molecule has 0 spiro atoms. The predicted molar refractivity (Wildman–Crippen MR) is 237 cm³/mol. The van der Waals surface area contributed by atoms with Crippen LogP contribution in [-0.2, 0) is 9.47 Å². The number of carbonyl (C=O) groups is 2. The Hall–Kier alpha value is 5.93. The maximum atomic E-state index is 13.1. The van der Waals surface area contributed by atoms with Gasteiger partial charge in [-0.25, -0.2) is 9.59 Å². The Morgan fingerprint density at radius 2 is 1.46 bits per heavy atom. The van der Waals surface area contributed by atoms with E-state index in [4.69, 9.17) is 9.47 Å². The maximum Gasteiger partial charge on any atom is 0.411 e. The van der Waals surface area contributed by atoms with Crippen LogP contribution in [0.15, 0.2) is 18.2 Å². The number of ether oxygens (including phenoxy) is 2. The summed E-state index contributed by atoms with van der Waals surface area (Å²) in [7, 11) is 32.2. The molecule has 1 aromatic rings. The second-order valence-electron chi connectivity index (χ2n) is 8.02. The first-order valence-electron chi connectivity index (χ1n) is 10.5. The highest BCUT2D eigenvalue weighted by Crippen LogP contribution is 3.09. The van der Waals surface area contributed by atoms with E-state index < -0.39 is 34.1 Å². The van der Waals surface area contributed by atoms with Crippen molar-refractivity contribution in [1.82, 2.24) is 0 Å². The normalized spacial score (nSPS) is 17.8. The van der Waals surface area contributed by atoms with Gasteiger partial charge in [-0.15, -0.1) is 98.5 Å². The lowest BCUT2D eigenvalue weighted by atomic mass is 10.2. The van der Waals surface area contributed by atoms with Crippen LogP contribution in [0.25, 0.3) is 0 Å². The molecule has 224 valence electrons. The number of hydrogen-bond donors (Lipinski definition) is 2. The smallest absolute Gasteiger partial charge is 0.411 e. The van der Waals surface area contributed by atoms with E-state index in [2.05, 4.69) is 109 Å². The fourth-order valence-electron chi connectivity index (χ4n) is 2.78. The van der Waals surface area contributed by atoms with Crippen LogP contribution in [0.3, 0.4) is 0 Å². The van der Waals surface area contributed by atoms with Gasteiger partial charge in [0, 0.05) is 16.3 Å². The second kappa shape index (κ2) is 21.1. The van der Waals surface area contributed by atoms with Crippen molar-refractivity contribution in [2.75, 3.05) is 23.8 Å². The lowest BCUT2D eigenvalue weighted by Crippen LogP contribution is -2.27. The van der Waals surface area contributed by atoms with Crippen molar-refractivity contribution < 1.29 is 19.1 Å². The zero-order chi connectivity index (χ0) is 30.1. The van der Waals surface area contributed by atoms with E-state index in [1.807, 2.05) is 13.8 Å². The van der Waals surface area contributed by atoms with Gasteiger partial charge >= 0.3 is 12.2 Å². The summed E-state index contributed by atoms with van der Waals surface area (Å²) in [5, 5.41) is 5.68. The molecule has 18 atom stereocenters. The molecule has 0 bridgehead atoms. The summed E-state index contributed by atoms with van der Waals surface area (Å²) in [5.74, 6) is 0. The molecule has 6 nitrogen and oxygen atoms in total. The SMILES string of the molecule is Cc1cc(NC(=O)OCC(C)(P)P(P)P)ccc1NC(=O)OCC(P(P)PP)(P(P)P(P)P)P(PP)P(P)P. The first-order chi connectivity index (χ1) is 18.0. The molecule has 0 aliphatic heterocycles. The number of hydrogen-bond acceptors (Lipinski definition) is 4. The molecule has 0 aromatic heterocycles. The highest BCUT2D eigenvalue weighted by atomic mass is 32.9. The number of benzene rings is 1. The first-order valence-corrected chi connectivity index (χ1v) is 40.8. The van der Waals surface area contributed by atoms with Gasteiger partial charge in [0.25, 0.3) is 0 Å². The fourth-order valence-corrected chi connectivity index (χ4v) is 78.6. The van der Waals surface area contributed by atoms with Gasteiger partial charge in [0.2, 0.25) is 0 Å². The molecule has 25 heteroatoms. The molecule has 39 heavy (non-hydrogen) atoms. The molecule has 0 fully saturated rings. The van der Waals surface area contributed by atoms with Crippen molar-refractivity contribution in [3.63, 3.8) is 0 Å². The zero-order valence-corrected chi connectivity index (χ0v) is 41.4. The van der Waals surface area contributed by atoms with Crippen molar-refractivity contribution in [1.29, 1.82) is 0 Å². The van der Waals surface area contributed by atoms with E-state index in [0.717, 1.165) is 13.5 Å². The van der Waals surface area contributed by atoms with Crippen LogP contribution in [0.2, 0.25) is 0 Å². The van der Waals surface area contributed by atoms with Crippen LogP contribution in [0.5, 0.6) is 0 Å². The van der Waals surface area contributed by atoms with E-state index in [9.17, 15) is 9.59 Å². The van der Waals surface area contributed by atoms with Crippen molar-refractivity contribution in [3.05, 3.63) is 23.8 Å². The predicted octanol–water partition coefficient (Wildman–Crippen LogP) is 12.1. The topological polar surface area (TPSA) is 76.7 Å². The molecule has 1 aromatic carbocycles. The Balaban J connectivity index is 2.99. The number of carbonyl (C=O) groups excluding carboxylic acids is 2. The lowest BCUT2D eigenvalue weighted by Gasteiger charge is -2.50. The van der Waals surface area contributed by atoms with Crippen LogP contribution in [0.1, 0.15) is 12.5 Å². The monoisotopic (exact) mass is 888 g/mol. The molecule has 2 amide bonds. The molecule has 2 N–H and O–H groups in total.